The SMILES string of the molecule is Fc1cccc(CN2CCCCC2CNC2CC2)c1Br. The lowest BCUT2D eigenvalue weighted by molar-refractivity contribution is 0.137. The van der Waals surface area contributed by atoms with Gasteiger partial charge in [-0.1, -0.05) is 18.6 Å². The quantitative estimate of drug-likeness (QED) is 0.879. The van der Waals surface area contributed by atoms with Crippen molar-refractivity contribution in [2.24, 2.45) is 0 Å². The van der Waals surface area contributed by atoms with E-state index in [2.05, 4.69) is 26.1 Å². The summed E-state index contributed by atoms with van der Waals surface area (Å²) in [6.45, 7) is 3.05. The molecular formula is C16H22BrFN2. The average Bonchev–Trinajstić information content (AvgIpc) is 3.27. The summed E-state index contributed by atoms with van der Waals surface area (Å²) < 4.78 is 14.2. The first-order chi connectivity index (χ1) is 9.74. The number of piperidine rings is 1. The molecule has 0 bridgehead atoms. The minimum absolute atomic E-state index is 0.160. The van der Waals surface area contributed by atoms with E-state index in [1.54, 1.807) is 6.07 Å². The van der Waals surface area contributed by atoms with Crippen molar-refractivity contribution in [3.8, 4) is 0 Å². The van der Waals surface area contributed by atoms with E-state index in [1.807, 2.05) is 6.07 Å². The predicted octanol–water partition coefficient (Wildman–Crippen LogP) is 3.69. The first kappa shape index (κ1) is 14.5. The Morgan fingerprint density at radius 3 is 2.90 bits per heavy atom. The number of nitrogens with one attached hydrogen (secondary N) is 1. The van der Waals surface area contributed by atoms with Gasteiger partial charge in [-0.3, -0.25) is 4.90 Å². The highest BCUT2D eigenvalue weighted by molar-refractivity contribution is 9.10. The molecule has 20 heavy (non-hydrogen) atoms. The number of hydrogen-bond donors (Lipinski definition) is 1. The predicted molar refractivity (Wildman–Crippen MR) is 83.2 cm³/mol. The van der Waals surface area contributed by atoms with E-state index in [-0.39, 0.29) is 5.82 Å². The van der Waals surface area contributed by atoms with E-state index < -0.39 is 0 Å². The Balaban J connectivity index is 1.64. The molecule has 1 saturated heterocycles. The minimum atomic E-state index is -0.160. The van der Waals surface area contributed by atoms with E-state index in [9.17, 15) is 4.39 Å². The molecule has 4 heteroatoms. The largest absolute Gasteiger partial charge is 0.312 e. The molecule has 1 N–H and O–H groups in total. The Morgan fingerprint density at radius 1 is 1.25 bits per heavy atom. The fourth-order valence-corrected chi connectivity index (χ4v) is 3.37. The van der Waals surface area contributed by atoms with Crippen LogP contribution >= 0.6 is 15.9 Å². The standard InChI is InChI=1S/C16H22BrFN2/c17-16-12(4-3-6-15(16)18)11-20-9-2-1-5-14(20)10-19-13-7-8-13/h3-4,6,13-14,19H,1-2,5,7-11H2. The molecule has 0 amide bonds. The van der Waals surface area contributed by atoms with Crippen LogP contribution in [0.5, 0.6) is 0 Å². The van der Waals surface area contributed by atoms with Crippen LogP contribution in [0.2, 0.25) is 0 Å². The molecule has 0 aromatic heterocycles. The third kappa shape index (κ3) is 3.60. The molecule has 1 aromatic carbocycles. The third-order valence-electron chi connectivity index (χ3n) is 4.37. The number of nitrogens with zero attached hydrogens (tertiary/aromatic N) is 1. The molecule has 0 radical (unpaired) electrons. The molecule has 1 aliphatic carbocycles. The smallest absolute Gasteiger partial charge is 0.137 e. The van der Waals surface area contributed by atoms with Crippen molar-refractivity contribution >= 4 is 15.9 Å². The van der Waals surface area contributed by atoms with Crippen molar-refractivity contribution in [1.82, 2.24) is 10.2 Å². The Morgan fingerprint density at radius 2 is 2.10 bits per heavy atom. The highest BCUT2D eigenvalue weighted by Gasteiger charge is 2.26. The van der Waals surface area contributed by atoms with E-state index in [1.165, 1.54) is 38.2 Å². The van der Waals surface area contributed by atoms with Crippen LogP contribution in [0.25, 0.3) is 0 Å². The van der Waals surface area contributed by atoms with Crippen molar-refractivity contribution in [2.45, 2.75) is 50.7 Å². The van der Waals surface area contributed by atoms with Gasteiger partial charge in [0.15, 0.2) is 0 Å². The van der Waals surface area contributed by atoms with E-state index in [0.717, 1.165) is 31.2 Å². The number of benzene rings is 1. The highest BCUT2D eigenvalue weighted by atomic mass is 79.9. The van der Waals surface area contributed by atoms with Crippen molar-refractivity contribution in [3.05, 3.63) is 34.1 Å². The zero-order valence-corrected chi connectivity index (χ0v) is 13.3. The molecule has 2 aliphatic rings. The number of likely N-dealkylation sites (tertiary alicyclic amines) is 1. The van der Waals surface area contributed by atoms with Crippen LogP contribution in [0, 0.1) is 5.82 Å². The summed E-state index contributed by atoms with van der Waals surface area (Å²) in [4.78, 5) is 2.51. The van der Waals surface area contributed by atoms with Crippen LogP contribution in [-0.4, -0.2) is 30.1 Å². The maximum absolute atomic E-state index is 13.6. The average molecular weight is 341 g/mol. The summed E-state index contributed by atoms with van der Waals surface area (Å²) in [7, 11) is 0. The maximum atomic E-state index is 13.6. The fraction of sp³-hybridized carbons (Fsp3) is 0.625. The molecular weight excluding hydrogens is 319 g/mol. The Kier molecular flexibility index (Phi) is 4.74. The van der Waals surface area contributed by atoms with Crippen LogP contribution < -0.4 is 5.32 Å². The van der Waals surface area contributed by atoms with Gasteiger partial charge >= 0.3 is 0 Å². The van der Waals surface area contributed by atoms with Crippen molar-refractivity contribution in [3.63, 3.8) is 0 Å². The second-order valence-electron chi connectivity index (χ2n) is 6.02. The molecule has 2 nitrogen and oxygen atoms in total. The molecule has 1 aromatic rings. The normalized spacial score (nSPS) is 24.0. The molecule has 2 fully saturated rings. The van der Waals surface area contributed by atoms with Crippen molar-refractivity contribution in [1.29, 1.82) is 0 Å². The minimum Gasteiger partial charge on any atom is -0.312 e. The van der Waals surface area contributed by atoms with Crippen LogP contribution in [0.3, 0.4) is 0 Å². The van der Waals surface area contributed by atoms with Gasteiger partial charge in [-0.25, -0.2) is 4.39 Å². The zero-order valence-electron chi connectivity index (χ0n) is 11.7. The molecule has 1 heterocycles. The maximum Gasteiger partial charge on any atom is 0.137 e. The van der Waals surface area contributed by atoms with E-state index >= 15 is 0 Å². The van der Waals surface area contributed by atoms with Gasteiger partial charge in [0.05, 0.1) is 4.47 Å². The topological polar surface area (TPSA) is 15.3 Å². The highest BCUT2D eigenvalue weighted by Crippen LogP contribution is 2.26. The molecule has 110 valence electrons. The summed E-state index contributed by atoms with van der Waals surface area (Å²) in [6.07, 6.45) is 6.50. The lowest BCUT2D eigenvalue weighted by Crippen LogP contribution is -2.45. The molecule has 1 saturated carbocycles. The van der Waals surface area contributed by atoms with Gasteiger partial charge in [0.2, 0.25) is 0 Å². The molecule has 0 spiro atoms. The van der Waals surface area contributed by atoms with Crippen LogP contribution in [-0.2, 0) is 6.54 Å². The van der Waals surface area contributed by atoms with Crippen molar-refractivity contribution < 1.29 is 4.39 Å². The Hall–Kier alpha value is -0.450. The third-order valence-corrected chi connectivity index (χ3v) is 5.26. The monoisotopic (exact) mass is 340 g/mol. The number of rotatable bonds is 5. The molecule has 1 unspecified atom stereocenters. The number of hydrogen-bond acceptors (Lipinski definition) is 2. The van der Waals surface area contributed by atoms with E-state index in [4.69, 9.17) is 0 Å². The molecule has 3 rings (SSSR count). The summed E-state index contributed by atoms with van der Waals surface area (Å²) in [5.74, 6) is -0.160. The second kappa shape index (κ2) is 6.54. The van der Waals surface area contributed by atoms with Crippen LogP contribution in [0.4, 0.5) is 4.39 Å². The molecule has 1 aliphatic heterocycles. The second-order valence-corrected chi connectivity index (χ2v) is 6.81. The van der Waals surface area contributed by atoms with E-state index in [0.29, 0.717) is 10.5 Å². The van der Waals surface area contributed by atoms with Gasteiger partial charge < -0.3 is 5.32 Å². The lowest BCUT2D eigenvalue weighted by atomic mass is 10.0. The first-order valence-electron chi connectivity index (χ1n) is 7.64. The molecule has 1 atom stereocenters. The summed E-state index contributed by atoms with van der Waals surface area (Å²) in [6, 6.07) is 6.69. The number of halogens is 2. The fourth-order valence-electron chi connectivity index (χ4n) is 2.98. The van der Waals surface area contributed by atoms with Gasteiger partial charge in [-0.05, 0) is 59.8 Å². The van der Waals surface area contributed by atoms with Gasteiger partial charge in [0.1, 0.15) is 5.82 Å². The van der Waals surface area contributed by atoms with Gasteiger partial charge in [0, 0.05) is 25.2 Å². The van der Waals surface area contributed by atoms with Gasteiger partial charge in [-0.15, -0.1) is 0 Å². The van der Waals surface area contributed by atoms with Gasteiger partial charge in [0.25, 0.3) is 0 Å². The summed E-state index contributed by atoms with van der Waals surface area (Å²) in [5, 5.41) is 3.64. The zero-order chi connectivity index (χ0) is 13.9. The Labute approximate surface area is 128 Å². The summed E-state index contributed by atoms with van der Waals surface area (Å²) in [5.41, 5.74) is 1.06. The first-order valence-corrected chi connectivity index (χ1v) is 8.43. The van der Waals surface area contributed by atoms with Crippen molar-refractivity contribution in [2.75, 3.05) is 13.1 Å². The Bertz CT molecular complexity index is 462. The van der Waals surface area contributed by atoms with Crippen LogP contribution in [0.1, 0.15) is 37.7 Å². The van der Waals surface area contributed by atoms with Crippen LogP contribution in [0.15, 0.2) is 22.7 Å². The lowest BCUT2D eigenvalue weighted by Gasteiger charge is -2.36. The summed E-state index contributed by atoms with van der Waals surface area (Å²) >= 11 is 3.38. The van der Waals surface area contributed by atoms with Gasteiger partial charge in [-0.2, -0.15) is 0 Å².